The Bertz CT molecular complexity index is 546. The SMILES string of the molecule is CCC(C)C(N)C(=O)NCCNS(=O)(=O)c1ccccc1. The van der Waals surface area contributed by atoms with E-state index in [9.17, 15) is 13.2 Å². The minimum absolute atomic E-state index is 0.0889. The van der Waals surface area contributed by atoms with Gasteiger partial charge < -0.3 is 11.1 Å². The normalized spacial score (nSPS) is 14.4. The molecular formula is C14H23N3O3S. The van der Waals surface area contributed by atoms with Gasteiger partial charge in [0.05, 0.1) is 10.9 Å². The highest BCUT2D eigenvalue weighted by molar-refractivity contribution is 7.89. The largest absolute Gasteiger partial charge is 0.353 e. The van der Waals surface area contributed by atoms with Crippen LogP contribution in [0.2, 0.25) is 0 Å². The predicted octanol–water partition coefficient (Wildman–Crippen LogP) is 0.455. The maximum absolute atomic E-state index is 11.9. The molecule has 7 heteroatoms. The molecule has 0 radical (unpaired) electrons. The van der Waals surface area contributed by atoms with Gasteiger partial charge in [0.25, 0.3) is 0 Å². The van der Waals surface area contributed by atoms with Gasteiger partial charge in [-0.15, -0.1) is 0 Å². The summed E-state index contributed by atoms with van der Waals surface area (Å²) in [6, 6.07) is 7.51. The molecule has 1 amide bonds. The first kappa shape index (κ1) is 17.6. The smallest absolute Gasteiger partial charge is 0.240 e. The third-order valence-corrected chi connectivity index (χ3v) is 4.81. The minimum Gasteiger partial charge on any atom is -0.353 e. The third-order valence-electron chi connectivity index (χ3n) is 3.33. The van der Waals surface area contributed by atoms with Gasteiger partial charge in [-0.2, -0.15) is 0 Å². The lowest BCUT2D eigenvalue weighted by atomic mass is 9.99. The number of hydrogen-bond acceptors (Lipinski definition) is 4. The standard InChI is InChI=1S/C14H23N3O3S/c1-3-11(2)13(15)14(18)16-9-10-17-21(19,20)12-7-5-4-6-8-12/h4-8,11,13,17H,3,9-10,15H2,1-2H3,(H,16,18). The van der Waals surface area contributed by atoms with E-state index >= 15 is 0 Å². The van der Waals surface area contributed by atoms with Crippen LogP contribution in [0.4, 0.5) is 0 Å². The van der Waals surface area contributed by atoms with E-state index in [1.165, 1.54) is 12.1 Å². The number of nitrogens with two attached hydrogens (primary N) is 1. The van der Waals surface area contributed by atoms with Crippen molar-refractivity contribution in [2.45, 2.75) is 31.2 Å². The highest BCUT2D eigenvalue weighted by Crippen LogP contribution is 2.06. The number of benzene rings is 1. The molecule has 1 rings (SSSR count). The molecule has 0 aliphatic rings. The minimum atomic E-state index is -3.53. The molecule has 2 unspecified atom stereocenters. The van der Waals surface area contributed by atoms with Crippen molar-refractivity contribution in [1.82, 2.24) is 10.0 Å². The summed E-state index contributed by atoms with van der Waals surface area (Å²) in [6.45, 7) is 4.19. The molecule has 6 nitrogen and oxygen atoms in total. The topological polar surface area (TPSA) is 101 Å². The van der Waals surface area contributed by atoms with Gasteiger partial charge in [-0.1, -0.05) is 38.5 Å². The molecule has 118 valence electrons. The summed E-state index contributed by atoms with van der Waals surface area (Å²) < 4.78 is 26.3. The summed E-state index contributed by atoms with van der Waals surface area (Å²) >= 11 is 0. The molecule has 0 aromatic heterocycles. The van der Waals surface area contributed by atoms with Crippen LogP contribution < -0.4 is 15.8 Å². The van der Waals surface area contributed by atoms with Crippen LogP contribution in [0.1, 0.15) is 20.3 Å². The summed E-state index contributed by atoms with van der Waals surface area (Å²) in [7, 11) is -3.53. The molecule has 1 aromatic rings. The number of amides is 1. The van der Waals surface area contributed by atoms with E-state index in [4.69, 9.17) is 5.73 Å². The summed E-state index contributed by atoms with van der Waals surface area (Å²) in [6.07, 6.45) is 0.815. The number of nitrogens with one attached hydrogen (secondary N) is 2. The van der Waals surface area contributed by atoms with Crippen LogP contribution in [-0.2, 0) is 14.8 Å². The zero-order valence-corrected chi connectivity index (χ0v) is 13.2. The van der Waals surface area contributed by atoms with Crippen LogP contribution in [0.15, 0.2) is 35.2 Å². The zero-order chi connectivity index (χ0) is 15.9. The second-order valence-electron chi connectivity index (χ2n) is 4.91. The molecule has 0 aliphatic carbocycles. The Hall–Kier alpha value is -1.44. The Morgan fingerprint density at radius 3 is 2.43 bits per heavy atom. The number of rotatable bonds is 8. The van der Waals surface area contributed by atoms with Crippen LogP contribution >= 0.6 is 0 Å². The molecule has 0 aliphatic heterocycles. The first-order valence-electron chi connectivity index (χ1n) is 6.96. The van der Waals surface area contributed by atoms with E-state index in [2.05, 4.69) is 10.0 Å². The van der Waals surface area contributed by atoms with Crippen LogP contribution in [0.3, 0.4) is 0 Å². The van der Waals surface area contributed by atoms with E-state index < -0.39 is 16.1 Å². The molecule has 21 heavy (non-hydrogen) atoms. The van der Waals surface area contributed by atoms with Gasteiger partial charge in [-0.25, -0.2) is 13.1 Å². The fraction of sp³-hybridized carbons (Fsp3) is 0.500. The highest BCUT2D eigenvalue weighted by Gasteiger charge is 2.19. The van der Waals surface area contributed by atoms with Crippen LogP contribution in [0.5, 0.6) is 0 Å². The highest BCUT2D eigenvalue weighted by atomic mass is 32.2. The molecule has 0 saturated carbocycles. The Kier molecular flexibility index (Phi) is 6.80. The molecule has 0 fully saturated rings. The van der Waals surface area contributed by atoms with E-state index in [1.54, 1.807) is 18.2 Å². The summed E-state index contributed by atoms with van der Waals surface area (Å²) in [5.74, 6) is -0.172. The van der Waals surface area contributed by atoms with Crippen molar-refractivity contribution >= 4 is 15.9 Å². The van der Waals surface area contributed by atoms with Crippen LogP contribution in [0.25, 0.3) is 0 Å². The first-order valence-corrected chi connectivity index (χ1v) is 8.44. The van der Waals surface area contributed by atoms with E-state index in [0.29, 0.717) is 0 Å². The lowest BCUT2D eigenvalue weighted by molar-refractivity contribution is -0.123. The molecular weight excluding hydrogens is 290 g/mol. The number of hydrogen-bond donors (Lipinski definition) is 3. The van der Waals surface area contributed by atoms with Crippen molar-refractivity contribution in [1.29, 1.82) is 0 Å². The Labute approximate surface area is 126 Å². The van der Waals surface area contributed by atoms with Crippen molar-refractivity contribution in [3.8, 4) is 0 Å². The molecule has 0 saturated heterocycles. The lowest BCUT2D eigenvalue weighted by Crippen LogP contribution is -2.46. The van der Waals surface area contributed by atoms with E-state index in [0.717, 1.165) is 6.42 Å². The summed E-state index contributed by atoms with van der Waals surface area (Å²) in [4.78, 5) is 11.9. The van der Waals surface area contributed by atoms with Crippen molar-refractivity contribution in [3.63, 3.8) is 0 Å². The second-order valence-corrected chi connectivity index (χ2v) is 6.68. The molecule has 2 atom stereocenters. The Balaban J connectivity index is 2.39. The monoisotopic (exact) mass is 313 g/mol. The predicted molar refractivity (Wildman–Crippen MR) is 82.1 cm³/mol. The quantitative estimate of drug-likeness (QED) is 0.607. The molecule has 0 bridgehead atoms. The van der Waals surface area contributed by atoms with Gasteiger partial charge in [0, 0.05) is 13.1 Å². The number of carbonyl (C=O) groups is 1. The average Bonchev–Trinajstić information content (AvgIpc) is 2.50. The molecule has 0 heterocycles. The fourth-order valence-electron chi connectivity index (χ4n) is 1.68. The van der Waals surface area contributed by atoms with Gasteiger partial charge in [-0.3, -0.25) is 4.79 Å². The fourth-order valence-corrected chi connectivity index (χ4v) is 2.74. The maximum Gasteiger partial charge on any atom is 0.240 e. The average molecular weight is 313 g/mol. The van der Waals surface area contributed by atoms with E-state index in [1.807, 2.05) is 13.8 Å². The van der Waals surface area contributed by atoms with Crippen LogP contribution in [-0.4, -0.2) is 33.5 Å². The summed E-state index contributed by atoms with van der Waals surface area (Å²) in [5, 5.41) is 2.63. The maximum atomic E-state index is 11.9. The van der Waals surface area contributed by atoms with Gasteiger partial charge in [0.2, 0.25) is 15.9 Å². The van der Waals surface area contributed by atoms with Gasteiger partial charge in [0.1, 0.15) is 0 Å². The van der Waals surface area contributed by atoms with E-state index in [-0.39, 0.29) is 29.8 Å². The molecule has 4 N–H and O–H groups in total. The van der Waals surface area contributed by atoms with Crippen LogP contribution in [0, 0.1) is 5.92 Å². The molecule has 1 aromatic carbocycles. The third kappa shape index (κ3) is 5.45. The Morgan fingerprint density at radius 1 is 1.24 bits per heavy atom. The summed E-state index contributed by atoms with van der Waals surface area (Å²) in [5.41, 5.74) is 5.78. The number of carbonyl (C=O) groups excluding carboxylic acids is 1. The first-order chi connectivity index (χ1) is 9.88. The van der Waals surface area contributed by atoms with Gasteiger partial charge >= 0.3 is 0 Å². The van der Waals surface area contributed by atoms with Gasteiger partial charge in [0.15, 0.2) is 0 Å². The molecule has 0 spiro atoms. The van der Waals surface area contributed by atoms with Crippen molar-refractivity contribution in [3.05, 3.63) is 30.3 Å². The Morgan fingerprint density at radius 2 is 1.86 bits per heavy atom. The van der Waals surface area contributed by atoms with Gasteiger partial charge in [-0.05, 0) is 18.1 Å². The van der Waals surface area contributed by atoms with Crippen molar-refractivity contribution < 1.29 is 13.2 Å². The second kappa shape index (κ2) is 8.11. The van der Waals surface area contributed by atoms with Crippen molar-refractivity contribution in [2.75, 3.05) is 13.1 Å². The zero-order valence-electron chi connectivity index (χ0n) is 12.4. The van der Waals surface area contributed by atoms with Crippen molar-refractivity contribution in [2.24, 2.45) is 11.7 Å². The lowest BCUT2D eigenvalue weighted by Gasteiger charge is -2.17. The number of sulfonamides is 1.